The van der Waals surface area contributed by atoms with Crippen molar-refractivity contribution in [3.05, 3.63) is 32.2 Å². The molecular formula is C11H9BrN8O2S. The number of nitrogens with two attached hydrogens (primary N) is 1. The van der Waals surface area contributed by atoms with Crippen LogP contribution in [0.15, 0.2) is 25.6 Å². The Balaban J connectivity index is 1.81. The van der Waals surface area contributed by atoms with Crippen LogP contribution in [-0.2, 0) is 0 Å². The predicted molar refractivity (Wildman–Crippen MR) is 85.4 cm³/mol. The van der Waals surface area contributed by atoms with Crippen molar-refractivity contribution in [2.75, 3.05) is 5.73 Å². The first-order valence-corrected chi connectivity index (χ1v) is 7.76. The number of anilines is 1. The quantitative estimate of drug-likeness (QED) is 0.497. The van der Waals surface area contributed by atoms with Crippen LogP contribution in [0, 0.1) is 6.92 Å². The number of amides is 1. The van der Waals surface area contributed by atoms with Gasteiger partial charge in [0, 0.05) is 4.88 Å². The van der Waals surface area contributed by atoms with Gasteiger partial charge in [-0.05, 0) is 45.3 Å². The summed E-state index contributed by atoms with van der Waals surface area (Å²) in [4.78, 5) is 13.2. The molecule has 1 amide bonds. The van der Waals surface area contributed by atoms with E-state index in [2.05, 4.69) is 51.7 Å². The van der Waals surface area contributed by atoms with Crippen LogP contribution in [-0.4, -0.2) is 37.4 Å². The Bertz CT molecular complexity index is 882. The van der Waals surface area contributed by atoms with Crippen LogP contribution in [0.4, 0.5) is 5.82 Å². The van der Waals surface area contributed by atoms with Gasteiger partial charge in [-0.2, -0.15) is 9.78 Å². The number of aromatic nitrogens is 5. The zero-order valence-corrected chi connectivity index (χ0v) is 14.0. The van der Waals surface area contributed by atoms with Gasteiger partial charge in [-0.25, -0.2) is 10.1 Å². The molecule has 0 aromatic carbocycles. The molecule has 118 valence electrons. The Morgan fingerprint density at radius 3 is 3.00 bits per heavy atom. The lowest BCUT2D eigenvalue weighted by Gasteiger charge is -2.02. The standard InChI is InChI=1S/C11H9BrN8O2S/c1-5-8(20(19-15-5)10-9(13)17-22-18-10)11(21)16-14-4-6-2-3-7(12)23-6/h2-4H,1H3,(H2,13,17)(H,16,21)/b14-4-. The van der Waals surface area contributed by atoms with E-state index >= 15 is 0 Å². The number of hydrazone groups is 1. The minimum Gasteiger partial charge on any atom is -0.378 e. The molecule has 10 nitrogen and oxygen atoms in total. The summed E-state index contributed by atoms with van der Waals surface area (Å²) in [5, 5.41) is 18.6. The number of aryl methyl sites for hydroxylation is 1. The van der Waals surface area contributed by atoms with E-state index in [0.717, 1.165) is 13.3 Å². The van der Waals surface area contributed by atoms with E-state index in [9.17, 15) is 4.79 Å². The molecule has 3 heterocycles. The molecule has 12 heteroatoms. The van der Waals surface area contributed by atoms with E-state index in [1.54, 1.807) is 6.92 Å². The van der Waals surface area contributed by atoms with Gasteiger partial charge in [0.1, 0.15) is 0 Å². The van der Waals surface area contributed by atoms with Gasteiger partial charge in [-0.1, -0.05) is 5.21 Å². The zero-order chi connectivity index (χ0) is 16.4. The molecule has 0 spiro atoms. The molecule has 3 aromatic rings. The van der Waals surface area contributed by atoms with Crippen molar-refractivity contribution in [3.8, 4) is 5.82 Å². The Morgan fingerprint density at radius 1 is 1.52 bits per heavy atom. The van der Waals surface area contributed by atoms with E-state index in [-0.39, 0.29) is 17.3 Å². The van der Waals surface area contributed by atoms with Crippen LogP contribution < -0.4 is 11.2 Å². The number of thiophene rings is 1. The minimum absolute atomic E-state index is 0.00381. The maximum atomic E-state index is 12.3. The van der Waals surface area contributed by atoms with Gasteiger partial charge in [0.15, 0.2) is 5.69 Å². The molecule has 0 saturated carbocycles. The SMILES string of the molecule is Cc1nnn(-c2nonc2N)c1C(=O)N/N=C\c1ccc(Br)s1. The molecule has 0 saturated heterocycles. The van der Waals surface area contributed by atoms with Crippen molar-refractivity contribution in [1.29, 1.82) is 0 Å². The van der Waals surface area contributed by atoms with Gasteiger partial charge in [-0.3, -0.25) is 4.79 Å². The average molecular weight is 397 g/mol. The summed E-state index contributed by atoms with van der Waals surface area (Å²) in [6.45, 7) is 1.63. The Kier molecular flexibility index (Phi) is 4.16. The summed E-state index contributed by atoms with van der Waals surface area (Å²) < 4.78 is 6.62. The molecule has 3 rings (SSSR count). The van der Waals surface area contributed by atoms with Crippen molar-refractivity contribution in [2.24, 2.45) is 5.10 Å². The largest absolute Gasteiger partial charge is 0.378 e. The van der Waals surface area contributed by atoms with Crippen LogP contribution in [0.5, 0.6) is 0 Å². The highest BCUT2D eigenvalue weighted by Gasteiger charge is 2.22. The Labute approximate surface area is 141 Å². The molecule has 3 N–H and O–H groups in total. The number of carbonyl (C=O) groups excluding carboxylic acids is 1. The normalized spacial score (nSPS) is 11.2. The van der Waals surface area contributed by atoms with Crippen molar-refractivity contribution in [1.82, 2.24) is 30.7 Å². The monoisotopic (exact) mass is 396 g/mol. The van der Waals surface area contributed by atoms with E-state index in [0.29, 0.717) is 5.69 Å². The molecule has 23 heavy (non-hydrogen) atoms. The molecule has 0 fully saturated rings. The fourth-order valence-corrected chi connectivity index (χ4v) is 3.00. The van der Waals surface area contributed by atoms with Crippen molar-refractivity contribution < 1.29 is 9.42 Å². The number of hydrogen-bond acceptors (Lipinski definition) is 9. The smallest absolute Gasteiger partial charge is 0.292 e. The lowest BCUT2D eigenvalue weighted by atomic mass is 10.3. The summed E-state index contributed by atoms with van der Waals surface area (Å²) in [6.07, 6.45) is 1.53. The third kappa shape index (κ3) is 3.12. The number of nitrogen functional groups attached to an aromatic ring is 1. The van der Waals surface area contributed by atoms with Gasteiger partial charge in [-0.15, -0.1) is 16.4 Å². The first kappa shape index (κ1) is 15.3. The first-order chi connectivity index (χ1) is 11.1. The van der Waals surface area contributed by atoms with Gasteiger partial charge in [0.2, 0.25) is 11.6 Å². The van der Waals surface area contributed by atoms with Crippen LogP contribution in [0.2, 0.25) is 0 Å². The van der Waals surface area contributed by atoms with Gasteiger partial charge in [0.05, 0.1) is 15.7 Å². The van der Waals surface area contributed by atoms with Crippen LogP contribution in [0.3, 0.4) is 0 Å². The number of hydrogen-bond donors (Lipinski definition) is 2. The van der Waals surface area contributed by atoms with Gasteiger partial charge < -0.3 is 5.73 Å². The van der Waals surface area contributed by atoms with E-state index in [1.165, 1.54) is 17.6 Å². The molecule has 0 atom stereocenters. The average Bonchev–Trinajstić information content (AvgIpc) is 3.20. The Hall–Kier alpha value is -2.60. The van der Waals surface area contributed by atoms with E-state index in [4.69, 9.17) is 5.73 Å². The van der Waals surface area contributed by atoms with Crippen LogP contribution >= 0.6 is 27.3 Å². The van der Waals surface area contributed by atoms with Crippen molar-refractivity contribution in [3.63, 3.8) is 0 Å². The van der Waals surface area contributed by atoms with Crippen LogP contribution in [0.25, 0.3) is 5.82 Å². The first-order valence-electron chi connectivity index (χ1n) is 6.15. The summed E-state index contributed by atoms with van der Waals surface area (Å²) >= 11 is 4.83. The minimum atomic E-state index is -0.512. The lowest BCUT2D eigenvalue weighted by Crippen LogP contribution is -2.22. The number of nitrogens with zero attached hydrogens (tertiary/aromatic N) is 6. The third-order valence-corrected chi connectivity index (χ3v) is 4.26. The zero-order valence-electron chi connectivity index (χ0n) is 11.6. The number of carbonyl (C=O) groups is 1. The predicted octanol–water partition coefficient (Wildman–Crippen LogP) is 1.13. The second kappa shape index (κ2) is 6.26. The fourth-order valence-electron chi connectivity index (χ4n) is 1.71. The number of halogens is 1. The summed E-state index contributed by atoms with van der Waals surface area (Å²) in [5.41, 5.74) is 8.54. The lowest BCUT2D eigenvalue weighted by molar-refractivity contribution is 0.0946. The van der Waals surface area contributed by atoms with Gasteiger partial charge >= 0.3 is 0 Å². The summed E-state index contributed by atoms with van der Waals surface area (Å²) in [6, 6.07) is 3.75. The third-order valence-electron chi connectivity index (χ3n) is 2.70. The summed E-state index contributed by atoms with van der Waals surface area (Å²) in [5.74, 6) is -0.431. The molecular weight excluding hydrogens is 388 g/mol. The number of rotatable bonds is 4. The van der Waals surface area contributed by atoms with E-state index < -0.39 is 5.91 Å². The second-order valence-electron chi connectivity index (χ2n) is 4.25. The highest BCUT2D eigenvalue weighted by atomic mass is 79.9. The molecule has 0 aliphatic heterocycles. The maximum absolute atomic E-state index is 12.3. The topological polar surface area (TPSA) is 137 Å². The molecule has 0 aliphatic carbocycles. The fraction of sp³-hybridized carbons (Fsp3) is 0.0909. The number of nitrogens with one attached hydrogen (secondary N) is 1. The Morgan fingerprint density at radius 2 is 2.35 bits per heavy atom. The van der Waals surface area contributed by atoms with E-state index in [1.807, 2.05) is 12.1 Å². The highest BCUT2D eigenvalue weighted by Crippen LogP contribution is 2.20. The highest BCUT2D eigenvalue weighted by molar-refractivity contribution is 9.11. The summed E-state index contributed by atoms with van der Waals surface area (Å²) in [7, 11) is 0. The van der Waals surface area contributed by atoms with Crippen molar-refractivity contribution >= 4 is 45.2 Å². The van der Waals surface area contributed by atoms with Gasteiger partial charge in [0.25, 0.3) is 5.91 Å². The molecule has 3 aromatic heterocycles. The molecule has 0 unspecified atom stereocenters. The molecule has 0 bridgehead atoms. The second-order valence-corrected chi connectivity index (χ2v) is 6.74. The molecule has 0 radical (unpaired) electrons. The van der Waals surface area contributed by atoms with Crippen LogP contribution in [0.1, 0.15) is 21.1 Å². The molecule has 0 aliphatic rings. The maximum Gasteiger partial charge on any atom is 0.292 e. The van der Waals surface area contributed by atoms with Crippen molar-refractivity contribution in [2.45, 2.75) is 6.92 Å².